The number of rotatable bonds is 3. The second-order valence-electron chi connectivity index (χ2n) is 20.3. The van der Waals surface area contributed by atoms with E-state index in [-0.39, 0.29) is 17.5 Å². The third-order valence-electron chi connectivity index (χ3n) is 14.3. The molecule has 0 bridgehead atoms. The first-order valence-corrected chi connectivity index (χ1v) is 22.6. The predicted octanol–water partition coefficient (Wildman–Crippen LogP) is 12.8. The number of aryl methyl sites for hydroxylation is 2. The number of benzene rings is 8. The molecule has 13 rings (SSSR count). The zero-order valence-electron chi connectivity index (χ0n) is 37.6. The standard InChI is InChI=1S/C58H47BN4O/c1-32-17-14-18-33(2)47(32)56-61-50-52-44(31-41-40-29-36(57(3,4)5)30-42(58(6,7)8)53(40)64-54(41)50)59-43-28-27-38(35-19-10-9-11-20-35)49-51(43)62(45-25-16-26-46(48(45)59)63(52)56)55(60-49)39-24-15-22-34-21-12-13-23-37(34)39/h9-31H,1-8H3. The van der Waals surface area contributed by atoms with Crippen molar-refractivity contribution in [3.63, 3.8) is 0 Å². The number of imidazole rings is 2. The van der Waals surface area contributed by atoms with Crippen LogP contribution in [-0.4, -0.2) is 25.8 Å². The van der Waals surface area contributed by atoms with Gasteiger partial charge in [0.1, 0.15) is 22.7 Å². The van der Waals surface area contributed by atoms with E-state index in [1.165, 1.54) is 49.4 Å². The molecule has 5 heterocycles. The summed E-state index contributed by atoms with van der Waals surface area (Å²) in [4.78, 5) is 11.5. The smallest absolute Gasteiger partial charge is 0.252 e. The van der Waals surface area contributed by atoms with Gasteiger partial charge in [-0.1, -0.05) is 163 Å². The van der Waals surface area contributed by atoms with Crippen LogP contribution in [0.5, 0.6) is 0 Å². The molecule has 3 aromatic heterocycles. The molecule has 2 aliphatic rings. The van der Waals surface area contributed by atoms with E-state index in [0.29, 0.717) is 0 Å². The average Bonchev–Trinajstić information content (AvgIpc) is 3.99. The van der Waals surface area contributed by atoms with Crippen molar-refractivity contribution in [3.05, 3.63) is 162 Å². The maximum Gasteiger partial charge on any atom is 0.252 e. The van der Waals surface area contributed by atoms with Crippen molar-refractivity contribution in [2.24, 2.45) is 0 Å². The van der Waals surface area contributed by atoms with Crippen LogP contribution in [0, 0.1) is 13.8 Å². The molecule has 0 saturated carbocycles. The average molecular weight is 827 g/mol. The molecule has 8 aromatic carbocycles. The molecule has 6 heteroatoms. The van der Waals surface area contributed by atoms with Crippen LogP contribution in [-0.2, 0) is 10.8 Å². The fourth-order valence-electron chi connectivity index (χ4n) is 11.2. The number of fused-ring (bicyclic) bond motifs is 9. The van der Waals surface area contributed by atoms with Gasteiger partial charge < -0.3 is 4.42 Å². The first-order chi connectivity index (χ1) is 30.9. The lowest BCUT2D eigenvalue weighted by Gasteiger charge is -2.33. The molecule has 0 radical (unpaired) electrons. The van der Waals surface area contributed by atoms with Crippen LogP contribution in [0.25, 0.3) is 100 Å². The summed E-state index contributed by atoms with van der Waals surface area (Å²) in [6.45, 7) is 18.1. The Hall–Kier alpha value is -7.18. The number of aromatic nitrogens is 4. The Morgan fingerprint density at radius 1 is 0.516 bits per heavy atom. The molecule has 2 aliphatic heterocycles. The highest BCUT2D eigenvalue weighted by atomic mass is 16.3. The molecule has 64 heavy (non-hydrogen) atoms. The Kier molecular flexibility index (Phi) is 7.43. The monoisotopic (exact) mass is 826 g/mol. The third kappa shape index (κ3) is 4.97. The van der Waals surface area contributed by atoms with Crippen molar-refractivity contribution in [2.45, 2.75) is 66.2 Å². The SMILES string of the molecule is Cc1cccc(C)c1-c1nc2c3oc4c(C(C)(C)C)cc(C(C)(C)C)cc4c3cc3c2n1-c1cccc2c1B3c1ccc(-c3ccccc3)c3nc(-c4cccc5ccccc45)n-2c13. The summed E-state index contributed by atoms with van der Waals surface area (Å²) in [5, 5.41) is 4.64. The molecule has 0 N–H and O–H groups in total. The van der Waals surface area contributed by atoms with E-state index in [2.05, 4.69) is 204 Å². The highest BCUT2D eigenvalue weighted by Crippen LogP contribution is 2.45. The van der Waals surface area contributed by atoms with Crippen molar-refractivity contribution in [2.75, 3.05) is 0 Å². The lowest BCUT2D eigenvalue weighted by molar-refractivity contribution is 0.559. The van der Waals surface area contributed by atoms with E-state index in [9.17, 15) is 0 Å². The molecule has 5 nitrogen and oxygen atoms in total. The minimum absolute atomic E-state index is 0.0588. The maximum atomic E-state index is 7.25. The molecular weight excluding hydrogens is 779 g/mol. The first kappa shape index (κ1) is 37.4. The molecule has 0 atom stereocenters. The second-order valence-corrected chi connectivity index (χ2v) is 20.3. The fourth-order valence-corrected chi connectivity index (χ4v) is 11.2. The summed E-state index contributed by atoms with van der Waals surface area (Å²) >= 11 is 0. The molecule has 308 valence electrons. The quantitative estimate of drug-likeness (QED) is 0.167. The zero-order valence-corrected chi connectivity index (χ0v) is 37.6. The highest BCUT2D eigenvalue weighted by Gasteiger charge is 2.43. The maximum absolute atomic E-state index is 7.25. The van der Waals surface area contributed by atoms with Crippen molar-refractivity contribution in [3.8, 4) is 45.3 Å². The largest absolute Gasteiger partial charge is 0.453 e. The molecule has 0 aliphatic carbocycles. The van der Waals surface area contributed by atoms with Gasteiger partial charge >= 0.3 is 0 Å². The van der Waals surface area contributed by atoms with Gasteiger partial charge in [0.05, 0.1) is 16.6 Å². The van der Waals surface area contributed by atoms with Crippen molar-refractivity contribution < 1.29 is 4.42 Å². The van der Waals surface area contributed by atoms with Crippen LogP contribution in [0.2, 0.25) is 0 Å². The first-order valence-electron chi connectivity index (χ1n) is 22.6. The van der Waals surface area contributed by atoms with Crippen LogP contribution in [0.4, 0.5) is 0 Å². The Morgan fingerprint density at radius 3 is 1.91 bits per heavy atom. The van der Waals surface area contributed by atoms with E-state index in [1.54, 1.807) is 0 Å². The number of hydrogen-bond donors (Lipinski definition) is 0. The Labute approximate surface area is 373 Å². The van der Waals surface area contributed by atoms with Gasteiger partial charge in [-0.25, -0.2) is 9.97 Å². The van der Waals surface area contributed by atoms with Crippen LogP contribution >= 0.6 is 0 Å². The van der Waals surface area contributed by atoms with Crippen LogP contribution in [0.3, 0.4) is 0 Å². The van der Waals surface area contributed by atoms with Crippen molar-refractivity contribution in [1.82, 2.24) is 19.1 Å². The number of hydrogen-bond acceptors (Lipinski definition) is 3. The van der Waals surface area contributed by atoms with Gasteiger partial charge in [-0.2, -0.15) is 0 Å². The van der Waals surface area contributed by atoms with E-state index < -0.39 is 0 Å². The molecule has 0 unspecified atom stereocenters. The Balaban J connectivity index is 1.22. The number of nitrogens with zero attached hydrogens (tertiary/aromatic N) is 4. The Bertz CT molecular complexity index is 3810. The van der Waals surface area contributed by atoms with E-state index in [1.807, 2.05) is 0 Å². The highest BCUT2D eigenvalue weighted by molar-refractivity contribution is 7.00. The van der Waals surface area contributed by atoms with Gasteiger partial charge in [-0.3, -0.25) is 9.13 Å². The van der Waals surface area contributed by atoms with Crippen molar-refractivity contribution >= 4 is 77.9 Å². The second kappa shape index (κ2) is 12.7. The molecule has 0 fully saturated rings. The van der Waals surface area contributed by atoms with Gasteiger partial charge in [-0.15, -0.1) is 0 Å². The fraction of sp³-hybridized carbons (Fsp3) is 0.172. The summed E-state index contributed by atoms with van der Waals surface area (Å²) in [6, 6.07) is 51.4. The summed E-state index contributed by atoms with van der Waals surface area (Å²) in [7, 11) is 0. The summed E-state index contributed by atoms with van der Waals surface area (Å²) in [6.07, 6.45) is 0. The molecule has 0 spiro atoms. The molecule has 0 amide bonds. The van der Waals surface area contributed by atoms with E-state index >= 15 is 0 Å². The summed E-state index contributed by atoms with van der Waals surface area (Å²) in [5.41, 5.74) is 21.2. The molecule has 0 saturated heterocycles. The minimum atomic E-state index is -0.146. The van der Waals surface area contributed by atoms with Crippen LogP contribution < -0.4 is 16.4 Å². The Morgan fingerprint density at radius 2 is 1.16 bits per heavy atom. The van der Waals surface area contributed by atoms with Crippen molar-refractivity contribution in [1.29, 1.82) is 0 Å². The number of furan rings is 1. The van der Waals surface area contributed by atoms with Crippen LogP contribution in [0.1, 0.15) is 63.8 Å². The predicted molar refractivity (Wildman–Crippen MR) is 268 cm³/mol. The topological polar surface area (TPSA) is 48.8 Å². The minimum Gasteiger partial charge on any atom is -0.453 e. The third-order valence-corrected chi connectivity index (χ3v) is 14.3. The van der Waals surface area contributed by atoms with Gasteiger partial charge in [-0.05, 0) is 92.3 Å². The van der Waals surface area contributed by atoms with Gasteiger partial charge in [0.25, 0.3) is 6.71 Å². The summed E-state index contributed by atoms with van der Waals surface area (Å²) < 4.78 is 12.2. The van der Waals surface area contributed by atoms with Gasteiger partial charge in [0.2, 0.25) is 0 Å². The van der Waals surface area contributed by atoms with E-state index in [4.69, 9.17) is 14.4 Å². The zero-order chi connectivity index (χ0) is 43.6. The lowest BCUT2D eigenvalue weighted by atomic mass is 9.34. The molecular formula is C58H47BN4O. The molecule has 11 aromatic rings. The van der Waals surface area contributed by atoms with Gasteiger partial charge in [0, 0.05) is 44.4 Å². The summed E-state index contributed by atoms with van der Waals surface area (Å²) in [5.74, 6) is 1.88. The van der Waals surface area contributed by atoms with Crippen LogP contribution in [0.15, 0.2) is 144 Å². The lowest BCUT2D eigenvalue weighted by Crippen LogP contribution is -2.59. The van der Waals surface area contributed by atoms with E-state index in [0.717, 1.165) is 89.3 Å². The normalized spacial score (nSPS) is 13.3. The van der Waals surface area contributed by atoms with Gasteiger partial charge in [0.15, 0.2) is 5.58 Å².